The van der Waals surface area contributed by atoms with Crippen LogP contribution in [0.3, 0.4) is 0 Å². The molecule has 0 aromatic heterocycles. The molecule has 0 amide bonds. The molecule has 0 bridgehead atoms. The van der Waals surface area contributed by atoms with Crippen LogP contribution in [0.15, 0.2) is 42.5 Å². The number of halogens is 2. The Morgan fingerprint density at radius 1 is 0.917 bits per heavy atom. The van der Waals surface area contributed by atoms with Crippen LogP contribution in [0.5, 0.6) is 5.75 Å². The van der Waals surface area contributed by atoms with E-state index < -0.39 is 11.9 Å². The third-order valence-electron chi connectivity index (χ3n) is 2.95. The SMILES string of the molecule is CC(C)COC(=O)c1ccc(OC(=O)c2cc(Cl)cc(Cl)c2)cc1. The number of carbonyl (C=O) groups is 2. The molecule has 24 heavy (non-hydrogen) atoms. The average molecular weight is 367 g/mol. The highest BCUT2D eigenvalue weighted by Gasteiger charge is 2.12. The van der Waals surface area contributed by atoms with Crippen LogP contribution in [-0.2, 0) is 4.74 Å². The molecule has 0 radical (unpaired) electrons. The Kier molecular flexibility index (Phi) is 6.23. The van der Waals surface area contributed by atoms with E-state index in [4.69, 9.17) is 32.7 Å². The third kappa shape index (κ3) is 5.25. The summed E-state index contributed by atoms with van der Waals surface area (Å²) in [4.78, 5) is 23.9. The summed E-state index contributed by atoms with van der Waals surface area (Å²) < 4.78 is 10.4. The first-order chi connectivity index (χ1) is 11.3. The lowest BCUT2D eigenvalue weighted by molar-refractivity contribution is 0.0459. The van der Waals surface area contributed by atoms with Crippen LogP contribution in [0.2, 0.25) is 10.0 Å². The van der Waals surface area contributed by atoms with Crippen molar-refractivity contribution < 1.29 is 19.1 Å². The van der Waals surface area contributed by atoms with Crippen molar-refractivity contribution in [1.82, 2.24) is 0 Å². The molecule has 0 aliphatic carbocycles. The summed E-state index contributed by atoms with van der Waals surface area (Å²) in [7, 11) is 0. The minimum absolute atomic E-state index is 0.243. The summed E-state index contributed by atoms with van der Waals surface area (Å²) in [5.74, 6) is -0.437. The van der Waals surface area contributed by atoms with Gasteiger partial charge in [-0.3, -0.25) is 0 Å². The van der Waals surface area contributed by atoms with Crippen molar-refractivity contribution in [3.63, 3.8) is 0 Å². The molecule has 6 heteroatoms. The van der Waals surface area contributed by atoms with Gasteiger partial charge in [0.25, 0.3) is 0 Å². The molecular formula is C18H16Cl2O4. The van der Waals surface area contributed by atoms with Crippen molar-refractivity contribution in [2.24, 2.45) is 5.92 Å². The van der Waals surface area contributed by atoms with Gasteiger partial charge in [-0.2, -0.15) is 0 Å². The van der Waals surface area contributed by atoms with E-state index in [2.05, 4.69) is 0 Å². The zero-order valence-corrected chi connectivity index (χ0v) is 14.7. The van der Waals surface area contributed by atoms with E-state index in [1.54, 1.807) is 0 Å². The number of ether oxygens (including phenoxy) is 2. The van der Waals surface area contributed by atoms with Gasteiger partial charge < -0.3 is 9.47 Å². The first kappa shape index (κ1) is 18.3. The second kappa shape index (κ2) is 8.18. The fraction of sp³-hybridized carbons (Fsp3) is 0.222. The summed E-state index contributed by atoms with van der Waals surface area (Å²) in [5.41, 5.74) is 0.633. The molecule has 4 nitrogen and oxygen atoms in total. The van der Waals surface area contributed by atoms with Crippen molar-refractivity contribution in [1.29, 1.82) is 0 Å². The van der Waals surface area contributed by atoms with Gasteiger partial charge in [-0.25, -0.2) is 9.59 Å². The van der Waals surface area contributed by atoms with Gasteiger partial charge in [0, 0.05) is 10.0 Å². The van der Waals surface area contributed by atoms with Gasteiger partial charge in [-0.1, -0.05) is 37.0 Å². The van der Waals surface area contributed by atoms with Crippen molar-refractivity contribution in [2.75, 3.05) is 6.61 Å². The Hall–Kier alpha value is -2.04. The van der Waals surface area contributed by atoms with E-state index in [9.17, 15) is 9.59 Å². The summed E-state index contributed by atoms with van der Waals surface area (Å²) in [6, 6.07) is 10.6. The molecular weight excluding hydrogens is 351 g/mol. The van der Waals surface area contributed by atoms with Gasteiger partial charge in [0.15, 0.2) is 0 Å². The maximum atomic E-state index is 12.1. The van der Waals surface area contributed by atoms with E-state index in [0.29, 0.717) is 28.0 Å². The van der Waals surface area contributed by atoms with Crippen molar-refractivity contribution >= 4 is 35.1 Å². The number of carbonyl (C=O) groups excluding carboxylic acids is 2. The van der Waals surface area contributed by atoms with Crippen LogP contribution >= 0.6 is 23.2 Å². The molecule has 0 saturated carbocycles. The van der Waals surface area contributed by atoms with E-state index in [0.717, 1.165) is 0 Å². The highest BCUT2D eigenvalue weighted by molar-refractivity contribution is 6.35. The molecule has 0 aliphatic rings. The van der Waals surface area contributed by atoms with Gasteiger partial charge in [-0.05, 0) is 48.4 Å². The van der Waals surface area contributed by atoms with Crippen molar-refractivity contribution in [2.45, 2.75) is 13.8 Å². The summed E-state index contributed by atoms with van der Waals surface area (Å²) in [6.07, 6.45) is 0. The maximum Gasteiger partial charge on any atom is 0.343 e. The van der Waals surface area contributed by atoms with Gasteiger partial charge in [0.1, 0.15) is 5.75 Å². The second-order valence-electron chi connectivity index (χ2n) is 5.56. The van der Waals surface area contributed by atoms with Crippen LogP contribution in [-0.4, -0.2) is 18.5 Å². The zero-order valence-electron chi connectivity index (χ0n) is 13.2. The number of hydrogen-bond acceptors (Lipinski definition) is 4. The highest BCUT2D eigenvalue weighted by Crippen LogP contribution is 2.21. The Balaban J connectivity index is 2.03. The van der Waals surface area contributed by atoms with Gasteiger partial charge in [0.05, 0.1) is 17.7 Å². The quantitative estimate of drug-likeness (QED) is 0.550. The van der Waals surface area contributed by atoms with Gasteiger partial charge >= 0.3 is 11.9 Å². The smallest absolute Gasteiger partial charge is 0.343 e. The molecule has 0 aliphatic heterocycles. The minimum Gasteiger partial charge on any atom is -0.462 e. The Morgan fingerprint density at radius 2 is 1.50 bits per heavy atom. The number of hydrogen-bond donors (Lipinski definition) is 0. The topological polar surface area (TPSA) is 52.6 Å². The van der Waals surface area contributed by atoms with E-state index >= 15 is 0 Å². The molecule has 2 rings (SSSR count). The van der Waals surface area contributed by atoms with Crippen LogP contribution in [0.4, 0.5) is 0 Å². The average Bonchev–Trinajstić information content (AvgIpc) is 2.52. The predicted molar refractivity (Wildman–Crippen MR) is 93.0 cm³/mol. The molecule has 0 N–H and O–H groups in total. The predicted octanol–water partition coefficient (Wildman–Crippen LogP) is 5.03. The fourth-order valence-electron chi connectivity index (χ4n) is 1.82. The minimum atomic E-state index is -0.588. The normalized spacial score (nSPS) is 10.5. The Bertz CT molecular complexity index is 719. The Morgan fingerprint density at radius 3 is 2.04 bits per heavy atom. The van der Waals surface area contributed by atoms with Crippen LogP contribution in [0.25, 0.3) is 0 Å². The van der Waals surface area contributed by atoms with Crippen molar-refractivity contribution in [3.05, 3.63) is 63.6 Å². The van der Waals surface area contributed by atoms with Gasteiger partial charge in [-0.15, -0.1) is 0 Å². The van der Waals surface area contributed by atoms with E-state index in [-0.39, 0.29) is 11.5 Å². The lowest BCUT2D eigenvalue weighted by Crippen LogP contribution is -2.11. The molecule has 2 aromatic carbocycles. The van der Waals surface area contributed by atoms with Crippen LogP contribution < -0.4 is 4.74 Å². The molecule has 0 unspecified atom stereocenters. The van der Waals surface area contributed by atoms with E-state index in [1.807, 2.05) is 13.8 Å². The standard InChI is InChI=1S/C18H16Cl2O4/c1-11(2)10-23-17(21)12-3-5-16(6-4-12)24-18(22)13-7-14(19)9-15(20)8-13/h3-9,11H,10H2,1-2H3. The first-order valence-electron chi connectivity index (χ1n) is 7.30. The molecule has 0 spiro atoms. The fourth-order valence-corrected chi connectivity index (χ4v) is 2.35. The van der Waals surface area contributed by atoms with Crippen LogP contribution in [0.1, 0.15) is 34.6 Å². The molecule has 0 fully saturated rings. The molecule has 0 saturated heterocycles. The Labute approximate surface area is 150 Å². The van der Waals surface area contributed by atoms with Gasteiger partial charge in [0.2, 0.25) is 0 Å². The largest absolute Gasteiger partial charge is 0.462 e. The molecule has 2 aromatic rings. The first-order valence-corrected chi connectivity index (χ1v) is 8.06. The number of esters is 2. The third-order valence-corrected chi connectivity index (χ3v) is 3.38. The van der Waals surface area contributed by atoms with Crippen LogP contribution in [0, 0.1) is 5.92 Å². The van der Waals surface area contributed by atoms with E-state index in [1.165, 1.54) is 42.5 Å². The molecule has 0 atom stereocenters. The zero-order chi connectivity index (χ0) is 17.7. The lowest BCUT2D eigenvalue weighted by atomic mass is 10.2. The summed E-state index contributed by atoms with van der Waals surface area (Å²) >= 11 is 11.7. The van der Waals surface area contributed by atoms with Crippen molar-refractivity contribution in [3.8, 4) is 5.75 Å². The number of benzene rings is 2. The summed E-state index contributed by atoms with van der Waals surface area (Å²) in [5, 5.41) is 0.690. The second-order valence-corrected chi connectivity index (χ2v) is 6.44. The number of rotatable bonds is 5. The monoisotopic (exact) mass is 366 g/mol. The lowest BCUT2D eigenvalue weighted by Gasteiger charge is -2.08. The summed E-state index contributed by atoms with van der Waals surface area (Å²) in [6.45, 7) is 4.26. The maximum absolute atomic E-state index is 12.1. The highest BCUT2D eigenvalue weighted by atomic mass is 35.5. The molecule has 0 heterocycles. The molecule has 126 valence electrons.